The molecule has 0 aromatic rings. The van der Waals surface area contributed by atoms with E-state index in [0.717, 1.165) is 38.5 Å². The Morgan fingerprint density at radius 3 is 0.725 bits per heavy atom. The minimum Gasteiger partial charge on any atom is -0.394 e. The average Bonchev–Trinajstić information content (AvgIpc) is 3.46. The van der Waals surface area contributed by atoms with Gasteiger partial charge in [0, 0.05) is 6.42 Å². The van der Waals surface area contributed by atoms with E-state index in [9.17, 15) is 15.0 Å². The maximum Gasteiger partial charge on any atom is 0.220 e. The van der Waals surface area contributed by atoms with Crippen molar-refractivity contribution in [2.45, 2.75) is 437 Å². The second-order valence-electron chi connectivity index (χ2n) is 25.7. The van der Waals surface area contributed by atoms with Gasteiger partial charge in [0.2, 0.25) is 5.91 Å². The topological polar surface area (TPSA) is 69.6 Å². The predicted molar refractivity (Wildman–Crippen MR) is 359 cm³/mol. The molecule has 0 aliphatic heterocycles. The van der Waals surface area contributed by atoms with Crippen molar-refractivity contribution in [1.29, 1.82) is 0 Å². The number of unbranched alkanes of at least 4 members (excludes halogenated alkanes) is 59. The molecule has 4 heteroatoms. The van der Waals surface area contributed by atoms with Gasteiger partial charge in [0.25, 0.3) is 0 Å². The molecular formula is C76H147NO3. The number of aliphatic hydroxyl groups is 2. The molecule has 0 aliphatic carbocycles. The van der Waals surface area contributed by atoms with E-state index < -0.39 is 12.1 Å². The normalized spacial score (nSPS) is 12.8. The summed E-state index contributed by atoms with van der Waals surface area (Å²) in [5.41, 5.74) is 0. The lowest BCUT2D eigenvalue weighted by atomic mass is 10.0. The fourth-order valence-electron chi connectivity index (χ4n) is 12.0. The first-order chi connectivity index (χ1) is 39.7. The van der Waals surface area contributed by atoms with E-state index in [2.05, 4.69) is 43.5 Å². The molecule has 0 spiro atoms. The summed E-state index contributed by atoms with van der Waals surface area (Å²) in [5, 5.41) is 23.3. The molecule has 0 aliphatic rings. The molecule has 474 valence electrons. The number of hydrogen-bond acceptors (Lipinski definition) is 3. The summed E-state index contributed by atoms with van der Waals surface area (Å²) in [5.74, 6) is -0.0688. The van der Waals surface area contributed by atoms with Crippen molar-refractivity contribution in [3.05, 3.63) is 36.5 Å². The van der Waals surface area contributed by atoms with E-state index in [1.807, 2.05) is 6.08 Å². The summed E-state index contributed by atoms with van der Waals surface area (Å²) >= 11 is 0. The molecule has 4 nitrogen and oxygen atoms in total. The van der Waals surface area contributed by atoms with Crippen LogP contribution in [0.1, 0.15) is 425 Å². The molecule has 2 atom stereocenters. The van der Waals surface area contributed by atoms with E-state index in [1.165, 1.54) is 366 Å². The van der Waals surface area contributed by atoms with Crippen molar-refractivity contribution in [2.75, 3.05) is 6.61 Å². The Balaban J connectivity index is 3.44. The van der Waals surface area contributed by atoms with Gasteiger partial charge < -0.3 is 15.5 Å². The number of amides is 1. The molecule has 0 aromatic heterocycles. The van der Waals surface area contributed by atoms with E-state index in [4.69, 9.17) is 0 Å². The second-order valence-corrected chi connectivity index (χ2v) is 25.7. The number of rotatable bonds is 70. The number of carbonyl (C=O) groups is 1. The molecule has 0 aromatic carbocycles. The van der Waals surface area contributed by atoms with E-state index in [0.29, 0.717) is 6.42 Å². The standard InChI is InChI=1S/C76H147NO3/c1-3-5-7-9-11-13-15-17-19-21-23-25-27-29-31-33-35-37-38-39-40-42-44-46-48-50-52-54-56-58-60-62-64-66-68-70-72-76(80)77-74(73-78)75(79)71-69-67-65-63-61-59-57-55-53-51-49-47-45-43-41-36-34-32-30-28-26-24-22-20-18-16-14-12-10-8-6-4-2/h53,55,61,63,69,71,74-75,78-79H,3-52,54,56-60,62,64-68,70,72-73H2,1-2H3,(H,77,80)/b55-53+,63-61+,71-69+. The van der Waals surface area contributed by atoms with Crippen molar-refractivity contribution in [3.63, 3.8) is 0 Å². The Labute approximate surface area is 503 Å². The van der Waals surface area contributed by atoms with Crippen LogP contribution in [0.2, 0.25) is 0 Å². The van der Waals surface area contributed by atoms with Gasteiger partial charge in [-0.15, -0.1) is 0 Å². The highest BCUT2D eigenvalue weighted by atomic mass is 16.3. The maximum atomic E-state index is 12.5. The molecule has 0 fully saturated rings. The number of hydrogen-bond donors (Lipinski definition) is 3. The Kier molecular flexibility index (Phi) is 70.6. The molecule has 2 unspecified atom stereocenters. The third-order valence-electron chi connectivity index (χ3n) is 17.6. The summed E-state index contributed by atoms with van der Waals surface area (Å²) in [6.07, 6.45) is 99.9. The van der Waals surface area contributed by atoms with Crippen molar-refractivity contribution < 1.29 is 15.0 Å². The van der Waals surface area contributed by atoms with Gasteiger partial charge >= 0.3 is 0 Å². The zero-order chi connectivity index (χ0) is 57.6. The Morgan fingerprint density at radius 1 is 0.287 bits per heavy atom. The molecule has 0 radical (unpaired) electrons. The number of nitrogens with one attached hydrogen (secondary N) is 1. The first-order valence-corrected chi connectivity index (χ1v) is 37.2. The van der Waals surface area contributed by atoms with Gasteiger partial charge in [0.05, 0.1) is 18.8 Å². The predicted octanol–water partition coefficient (Wildman–Crippen LogP) is 25.5. The molecule has 1 amide bonds. The van der Waals surface area contributed by atoms with Crippen molar-refractivity contribution in [2.24, 2.45) is 0 Å². The highest BCUT2D eigenvalue weighted by Crippen LogP contribution is 2.20. The van der Waals surface area contributed by atoms with Crippen LogP contribution < -0.4 is 5.32 Å². The Bertz CT molecular complexity index is 1230. The van der Waals surface area contributed by atoms with Gasteiger partial charge in [-0.1, -0.05) is 410 Å². The van der Waals surface area contributed by atoms with Crippen LogP contribution in [0.5, 0.6) is 0 Å². The molecular weight excluding hydrogens is 975 g/mol. The fourth-order valence-corrected chi connectivity index (χ4v) is 12.0. The summed E-state index contributed by atoms with van der Waals surface area (Å²) < 4.78 is 0. The molecule has 80 heavy (non-hydrogen) atoms. The Hall–Kier alpha value is -1.39. The van der Waals surface area contributed by atoms with Crippen LogP contribution >= 0.6 is 0 Å². The lowest BCUT2D eigenvalue weighted by Gasteiger charge is -2.19. The minimum atomic E-state index is -0.871. The van der Waals surface area contributed by atoms with Gasteiger partial charge in [0.1, 0.15) is 0 Å². The summed E-state index contributed by atoms with van der Waals surface area (Å²) in [4.78, 5) is 12.5. The van der Waals surface area contributed by atoms with Crippen molar-refractivity contribution in [1.82, 2.24) is 5.32 Å². The van der Waals surface area contributed by atoms with Crippen LogP contribution in [-0.4, -0.2) is 34.9 Å². The lowest BCUT2D eigenvalue weighted by molar-refractivity contribution is -0.123. The van der Waals surface area contributed by atoms with Crippen LogP contribution in [0.3, 0.4) is 0 Å². The number of allylic oxidation sites excluding steroid dienone is 5. The van der Waals surface area contributed by atoms with E-state index in [-0.39, 0.29) is 12.5 Å². The van der Waals surface area contributed by atoms with Crippen LogP contribution in [0.25, 0.3) is 0 Å². The SMILES string of the molecule is CCCCCCCCCCCCCCCCCCCCCCCC/C=C/CC/C=C/CC/C=C/C(O)C(CO)NC(=O)CCCCCCCCCCCCCCCCCCCCCCCCCCCCCCCCCCCCCC. The van der Waals surface area contributed by atoms with Gasteiger partial charge in [-0.2, -0.15) is 0 Å². The smallest absolute Gasteiger partial charge is 0.220 e. The molecule has 0 saturated heterocycles. The highest BCUT2D eigenvalue weighted by Gasteiger charge is 2.18. The zero-order valence-corrected chi connectivity index (χ0v) is 54.9. The lowest BCUT2D eigenvalue weighted by Crippen LogP contribution is -2.45. The Morgan fingerprint density at radius 2 is 0.487 bits per heavy atom. The maximum absolute atomic E-state index is 12.5. The van der Waals surface area contributed by atoms with E-state index >= 15 is 0 Å². The quantitative estimate of drug-likeness (QED) is 0.0420. The summed E-state index contributed by atoms with van der Waals surface area (Å²) in [6.45, 7) is 4.35. The van der Waals surface area contributed by atoms with Gasteiger partial charge in [-0.05, 0) is 44.9 Å². The average molecular weight is 1120 g/mol. The molecule has 0 rings (SSSR count). The first-order valence-electron chi connectivity index (χ1n) is 37.2. The van der Waals surface area contributed by atoms with Gasteiger partial charge in [0.15, 0.2) is 0 Å². The van der Waals surface area contributed by atoms with Gasteiger partial charge in [-0.3, -0.25) is 4.79 Å². The molecule has 0 saturated carbocycles. The van der Waals surface area contributed by atoms with Crippen LogP contribution in [-0.2, 0) is 4.79 Å². The van der Waals surface area contributed by atoms with Crippen molar-refractivity contribution >= 4 is 5.91 Å². The first kappa shape index (κ1) is 78.6. The minimum absolute atomic E-state index is 0.0688. The summed E-state index contributed by atoms with van der Waals surface area (Å²) in [6, 6.07) is -0.646. The fraction of sp³-hybridized carbons (Fsp3) is 0.908. The van der Waals surface area contributed by atoms with Crippen molar-refractivity contribution in [3.8, 4) is 0 Å². The highest BCUT2D eigenvalue weighted by molar-refractivity contribution is 5.76. The van der Waals surface area contributed by atoms with Crippen LogP contribution in [0, 0.1) is 0 Å². The molecule has 3 N–H and O–H groups in total. The van der Waals surface area contributed by atoms with Crippen LogP contribution in [0.15, 0.2) is 36.5 Å². The zero-order valence-electron chi connectivity index (χ0n) is 54.9. The van der Waals surface area contributed by atoms with E-state index in [1.54, 1.807) is 6.08 Å². The monoisotopic (exact) mass is 1120 g/mol. The molecule has 0 bridgehead atoms. The third kappa shape index (κ3) is 67.4. The van der Waals surface area contributed by atoms with Crippen LogP contribution in [0.4, 0.5) is 0 Å². The summed E-state index contributed by atoms with van der Waals surface area (Å²) in [7, 11) is 0. The number of aliphatic hydroxyl groups excluding tert-OH is 2. The largest absolute Gasteiger partial charge is 0.394 e. The van der Waals surface area contributed by atoms with Gasteiger partial charge in [-0.25, -0.2) is 0 Å². The molecule has 0 heterocycles. The second kappa shape index (κ2) is 71.9. The third-order valence-corrected chi connectivity index (χ3v) is 17.6. The number of carbonyl (C=O) groups excluding carboxylic acids is 1.